The minimum absolute atomic E-state index is 0.311. The highest BCUT2D eigenvalue weighted by molar-refractivity contribution is 5.66. The van der Waals surface area contributed by atoms with Crippen LogP contribution < -0.4 is 9.80 Å². The predicted molar refractivity (Wildman–Crippen MR) is 105 cm³/mol. The maximum absolute atomic E-state index is 4.85. The summed E-state index contributed by atoms with van der Waals surface area (Å²) in [6.07, 6.45) is 2.77. The van der Waals surface area contributed by atoms with Crippen LogP contribution in [0.15, 0.2) is 60.8 Å². The van der Waals surface area contributed by atoms with Gasteiger partial charge in [-0.05, 0) is 37.5 Å². The number of benzene rings is 2. The van der Waals surface area contributed by atoms with Gasteiger partial charge in [0.1, 0.15) is 0 Å². The first-order chi connectivity index (χ1) is 12.7. The molecular formula is C21H23N5. The molecule has 0 amide bonds. The van der Waals surface area contributed by atoms with Gasteiger partial charge in [-0.3, -0.25) is 0 Å². The van der Waals surface area contributed by atoms with Crippen LogP contribution in [0.5, 0.6) is 0 Å². The maximum Gasteiger partial charge on any atom is 0.251 e. The van der Waals surface area contributed by atoms with E-state index in [0.717, 1.165) is 25.3 Å². The van der Waals surface area contributed by atoms with Crippen molar-refractivity contribution in [2.75, 3.05) is 16.3 Å². The molecule has 2 heterocycles. The van der Waals surface area contributed by atoms with Gasteiger partial charge in [0, 0.05) is 24.8 Å². The van der Waals surface area contributed by atoms with Crippen molar-refractivity contribution in [2.45, 2.75) is 32.9 Å². The van der Waals surface area contributed by atoms with E-state index in [1.54, 1.807) is 6.20 Å². The lowest BCUT2D eigenvalue weighted by Gasteiger charge is -2.28. The number of rotatable bonds is 5. The summed E-state index contributed by atoms with van der Waals surface area (Å²) in [6.45, 7) is 6.05. The Kier molecular flexibility index (Phi) is 4.52. The van der Waals surface area contributed by atoms with E-state index in [1.165, 1.54) is 16.8 Å². The van der Waals surface area contributed by atoms with Gasteiger partial charge in [-0.15, -0.1) is 5.10 Å². The second-order valence-corrected chi connectivity index (χ2v) is 6.85. The Morgan fingerprint density at radius 3 is 2.62 bits per heavy atom. The highest BCUT2D eigenvalue weighted by Crippen LogP contribution is 2.32. The van der Waals surface area contributed by atoms with E-state index in [4.69, 9.17) is 4.98 Å². The third-order valence-electron chi connectivity index (χ3n) is 4.78. The van der Waals surface area contributed by atoms with Crippen molar-refractivity contribution in [2.24, 2.45) is 0 Å². The van der Waals surface area contributed by atoms with E-state index >= 15 is 0 Å². The van der Waals surface area contributed by atoms with Gasteiger partial charge < -0.3 is 9.80 Å². The molecule has 0 atom stereocenters. The molecule has 0 saturated carbocycles. The lowest BCUT2D eigenvalue weighted by atomic mass is 10.2. The first-order valence-corrected chi connectivity index (χ1v) is 9.08. The molecule has 5 nitrogen and oxygen atoms in total. The molecule has 0 spiro atoms. The molecule has 3 aromatic rings. The molecule has 0 radical (unpaired) electrons. The Balaban J connectivity index is 1.64. The zero-order valence-corrected chi connectivity index (χ0v) is 15.2. The van der Waals surface area contributed by atoms with Crippen molar-refractivity contribution >= 4 is 17.5 Å². The molecule has 1 aliphatic rings. The average Bonchev–Trinajstić information content (AvgIpc) is 3.11. The van der Waals surface area contributed by atoms with Crippen LogP contribution in [0.3, 0.4) is 0 Å². The van der Waals surface area contributed by atoms with Gasteiger partial charge in [0.25, 0.3) is 5.95 Å². The number of para-hydroxylation sites is 1. The van der Waals surface area contributed by atoms with Crippen LogP contribution >= 0.6 is 0 Å². The van der Waals surface area contributed by atoms with Gasteiger partial charge in [-0.1, -0.05) is 48.5 Å². The molecule has 0 fully saturated rings. The highest BCUT2D eigenvalue weighted by Gasteiger charge is 2.23. The summed E-state index contributed by atoms with van der Waals surface area (Å²) in [6, 6.07) is 19.2. The number of aromatic nitrogens is 3. The molecule has 0 N–H and O–H groups in total. The van der Waals surface area contributed by atoms with Crippen LogP contribution in [0, 0.1) is 0 Å². The average molecular weight is 345 g/mol. The Labute approximate surface area is 154 Å². The number of anilines is 3. The fourth-order valence-electron chi connectivity index (χ4n) is 3.39. The second-order valence-electron chi connectivity index (χ2n) is 6.85. The predicted octanol–water partition coefficient (Wildman–Crippen LogP) is 3.98. The Morgan fingerprint density at radius 2 is 1.81 bits per heavy atom. The van der Waals surface area contributed by atoms with E-state index in [1.807, 2.05) is 6.07 Å². The molecule has 132 valence electrons. The fourth-order valence-corrected chi connectivity index (χ4v) is 3.39. The first-order valence-electron chi connectivity index (χ1n) is 9.08. The van der Waals surface area contributed by atoms with E-state index in [2.05, 4.69) is 82.4 Å². The number of fused-ring (bicyclic) bond motifs is 1. The smallest absolute Gasteiger partial charge is 0.251 e. The summed E-state index contributed by atoms with van der Waals surface area (Å²) in [5.41, 5.74) is 3.78. The van der Waals surface area contributed by atoms with Crippen molar-refractivity contribution in [3.63, 3.8) is 0 Å². The van der Waals surface area contributed by atoms with Gasteiger partial charge >= 0.3 is 0 Å². The van der Waals surface area contributed by atoms with Crippen LogP contribution in [0.4, 0.5) is 17.5 Å². The maximum atomic E-state index is 4.85. The highest BCUT2D eigenvalue weighted by atomic mass is 15.4. The van der Waals surface area contributed by atoms with E-state index in [0.29, 0.717) is 12.0 Å². The summed E-state index contributed by atoms with van der Waals surface area (Å²) >= 11 is 0. The minimum atomic E-state index is 0.311. The normalized spacial score (nSPS) is 13.1. The Morgan fingerprint density at radius 1 is 1.04 bits per heavy atom. The second kappa shape index (κ2) is 7.12. The molecule has 0 bridgehead atoms. The summed E-state index contributed by atoms with van der Waals surface area (Å²) in [4.78, 5) is 9.27. The largest absolute Gasteiger partial charge is 0.348 e. The fraction of sp³-hybridized carbons (Fsp3) is 0.286. The van der Waals surface area contributed by atoms with E-state index in [-0.39, 0.29) is 0 Å². The summed E-state index contributed by atoms with van der Waals surface area (Å²) in [5, 5.41) is 8.56. The van der Waals surface area contributed by atoms with Gasteiger partial charge in [-0.25, -0.2) is 0 Å². The molecule has 26 heavy (non-hydrogen) atoms. The minimum Gasteiger partial charge on any atom is -0.348 e. The van der Waals surface area contributed by atoms with Gasteiger partial charge in [0.2, 0.25) is 0 Å². The van der Waals surface area contributed by atoms with Crippen molar-refractivity contribution in [3.05, 3.63) is 71.9 Å². The van der Waals surface area contributed by atoms with E-state index < -0.39 is 0 Å². The molecule has 0 unspecified atom stereocenters. The van der Waals surface area contributed by atoms with Crippen molar-refractivity contribution < 1.29 is 0 Å². The lowest BCUT2D eigenvalue weighted by molar-refractivity contribution is 0.666. The topological polar surface area (TPSA) is 45.2 Å². The monoisotopic (exact) mass is 345 g/mol. The molecule has 5 heteroatoms. The van der Waals surface area contributed by atoms with Crippen LogP contribution in [0.1, 0.15) is 25.0 Å². The SMILES string of the molecule is CC(C)N(Cc1ccccc1)c1cnnc(N2CCc3ccccc32)n1. The summed E-state index contributed by atoms with van der Waals surface area (Å²) in [7, 11) is 0. The number of hydrogen-bond donors (Lipinski definition) is 0. The molecule has 0 saturated heterocycles. The van der Waals surface area contributed by atoms with Crippen LogP contribution in [0.2, 0.25) is 0 Å². The summed E-state index contributed by atoms with van der Waals surface area (Å²) in [5.74, 6) is 1.53. The summed E-state index contributed by atoms with van der Waals surface area (Å²) < 4.78 is 0. The third kappa shape index (κ3) is 3.25. The number of nitrogens with zero attached hydrogens (tertiary/aromatic N) is 5. The van der Waals surface area contributed by atoms with Crippen molar-refractivity contribution in [1.29, 1.82) is 0 Å². The number of hydrogen-bond acceptors (Lipinski definition) is 5. The zero-order valence-electron chi connectivity index (χ0n) is 15.2. The van der Waals surface area contributed by atoms with Gasteiger partial charge in [0.15, 0.2) is 5.82 Å². The quantitative estimate of drug-likeness (QED) is 0.700. The van der Waals surface area contributed by atoms with Crippen molar-refractivity contribution in [1.82, 2.24) is 15.2 Å². The molecule has 2 aromatic carbocycles. The Hall–Kier alpha value is -2.95. The van der Waals surface area contributed by atoms with Gasteiger partial charge in [0.05, 0.1) is 6.20 Å². The molecular weight excluding hydrogens is 322 g/mol. The first kappa shape index (κ1) is 16.5. The van der Waals surface area contributed by atoms with E-state index in [9.17, 15) is 0 Å². The molecule has 1 aliphatic heterocycles. The molecule has 0 aliphatic carbocycles. The lowest BCUT2D eigenvalue weighted by Crippen LogP contribution is -2.31. The third-order valence-corrected chi connectivity index (χ3v) is 4.78. The van der Waals surface area contributed by atoms with Crippen LogP contribution in [-0.2, 0) is 13.0 Å². The van der Waals surface area contributed by atoms with Crippen LogP contribution in [0.25, 0.3) is 0 Å². The zero-order chi connectivity index (χ0) is 17.9. The molecule has 1 aromatic heterocycles. The standard InChI is InChI=1S/C21H23N5/c1-16(2)26(15-17-8-4-3-5-9-17)20-14-22-24-21(23-20)25-13-12-18-10-6-7-11-19(18)25/h3-11,14,16H,12-13,15H2,1-2H3. The molecule has 4 rings (SSSR count). The van der Waals surface area contributed by atoms with Crippen molar-refractivity contribution in [3.8, 4) is 0 Å². The van der Waals surface area contributed by atoms with Gasteiger partial charge in [-0.2, -0.15) is 10.1 Å². The van der Waals surface area contributed by atoms with Crippen LogP contribution in [-0.4, -0.2) is 27.8 Å². The Bertz CT molecular complexity index is 878.